The van der Waals surface area contributed by atoms with E-state index in [0.717, 1.165) is 33.8 Å². The van der Waals surface area contributed by atoms with Crippen molar-refractivity contribution in [3.63, 3.8) is 0 Å². The SMILES string of the molecule is N[C@@H](CNc1ncc(-c2ccc3c(c2)CC(=O)N3)s1)Cc1cccc(C(F)(F)F)c1. The second-order valence-electron chi connectivity index (χ2n) is 7.17. The number of hydrogen-bond donors (Lipinski definition) is 3. The molecule has 0 saturated carbocycles. The predicted octanol–water partition coefficient (Wildman–Crippen LogP) is 4.31. The van der Waals surface area contributed by atoms with Crippen LogP contribution in [0.15, 0.2) is 48.7 Å². The number of fused-ring (bicyclic) bond motifs is 1. The Morgan fingerprint density at radius 2 is 2.07 bits per heavy atom. The molecule has 30 heavy (non-hydrogen) atoms. The number of rotatable bonds is 6. The molecular weight excluding hydrogens is 413 g/mol. The standard InChI is InChI=1S/C21H19F3N4OS/c22-21(23,24)15-3-1-2-12(6-15)7-16(25)10-26-20-27-11-18(30-20)13-4-5-17-14(8-13)9-19(29)28-17/h1-6,8,11,16H,7,9-10,25H2,(H,26,27)(H,28,29)/t16-/m1/s1. The molecule has 0 bridgehead atoms. The number of hydrogen-bond acceptors (Lipinski definition) is 5. The van der Waals surface area contributed by atoms with Crippen molar-refractivity contribution in [3.8, 4) is 10.4 Å². The molecule has 3 aromatic rings. The number of nitrogens with one attached hydrogen (secondary N) is 2. The summed E-state index contributed by atoms with van der Waals surface area (Å²) in [7, 11) is 0. The Kier molecular flexibility index (Phi) is 5.48. The lowest BCUT2D eigenvalue weighted by Gasteiger charge is -2.14. The van der Waals surface area contributed by atoms with Gasteiger partial charge in [0.05, 0.1) is 16.9 Å². The normalized spacial score (nSPS) is 14.3. The van der Waals surface area contributed by atoms with E-state index in [1.165, 1.54) is 17.4 Å². The summed E-state index contributed by atoms with van der Waals surface area (Å²) >= 11 is 1.45. The summed E-state index contributed by atoms with van der Waals surface area (Å²) in [6.45, 7) is 0.381. The van der Waals surface area contributed by atoms with Crippen molar-refractivity contribution >= 4 is 28.1 Å². The van der Waals surface area contributed by atoms with Crippen LogP contribution in [0.2, 0.25) is 0 Å². The van der Waals surface area contributed by atoms with Gasteiger partial charge in [0.15, 0.2) is 5.13 Å². The lowest BCUT2D eigenvalue weighted by Crippen LogP contribution is -2.31. The fourth-order valence-electron chi connectivity index (χ4n) is 3.34. The van der Waals surface area contributed by atoms with Gasteiger partial charge in [-0.2, -0.15) is 13.2 Å². The quantitative estimate of drug-likeness (QED) is 0.543. The first-order valence-corrected chi connectivity index (χ1v) is 10.1. The average Bonchev–Trinajstić information content (AvgIpc) is 3.31. The maximum absolute atomic E-state index is 12.8. The van der Waals surface area contributed by atoms with Gasteiger partial charge in [-0.05, 0) is 41.3 Å². The van der Waals surface area contributed by atoms with Crippen molar-refractivity contribution in [3.05, 3.63) is 65.4 Å². The molecule has 0 radical (unpaired) electrons. The summed E-state index contributed by atoms with van der Waals surface area (Å²) in [6, 6.07) is 10.6. The summed E-state index contributed by atoms with van der Waals surface area (Å²) in [6.07, 6.45) is -1.92. The van der Waals surface area contributed by atoms with E-state index in [9.17, 15) is 18.0 Å². The van der Waals surface area contributed by atoms with Gasteiger partial charge in [-0.1, -0.05) is 35.6 Å². The molecule has 0 spiro atoms. The summed E-state index contributed by atoms with van der Waals surface area (Å²) in [5.41, 5.74) is 8.75. The summed E-state index contributed by atoms with van der Waals surface area (Å²) < 4.78 is 38.5. The van der Waals surface area contributed by atoms with Crippen LogP contribution in [0.3, 0.4) is 0 Å². The molecule has 0 aliphatic carbocycles. The van der Waals surface area contributed by atoms with E-state index in [1.54, 1.807) is 12.3 Å². The molecular formula is C21H19F3N4OS. The minimum Gasteiger partial charge on any atom is -0.360 e. The molecule has 0 unspecified atom stereocenters. The molecule has 1 aliphatic heterocycles. The zero-order valence-corrected chi connectivity index (χ0v) is 16.6. The highest BCUT2D eigenvalue weighted by molar-refractivity contribution is 7.18. The van der Waals surface area contributed by atoms with E-state index in [2.05, 4.69) is 15.6 Å². The Hall–Kier alpha value is -2.91. The number of aromatic nitrogens is 1. The molecule has 2 heterocycles. The Bertz CT molecular complexity index is 1080. The highest BCUT2D eigenvalue weighted by Crippen LogP contribution is 2.33. The van der Waals surface area contributed by atoms with Crippen molar-refractivity contribution in [1.29, 1.82) is 0 Å². The Labute approximate surface area is 175 Å². The number of carbonyl (C=O) groups excluding carboxylic acids is 1. The number of anilines is 2. The molecule has 1 aliphatic rings. The Morgan fingerprint density at radius 3 is 2.87 bits per heavy atom. The van der Waals surface area contributed by atoms with Crippen LogP contribution in [-0.2, 0) is 23.8 Å². The van der Waals surface area contributed by atoms with Gasteiger partial charge in [0.2, 0.25) is 5.91 Å². The van der Waals surface area contributed by atoms with E-state index in [-0.39, 0.29) is 11.9 Å². The van der Waals surface area contributed by atoms with Crippen LogP contribution in [0.5, 0.6) is 0 Å². The molecule has 1 amide bonds. The fraction of sp³-hybridized carbons (Fsp3) is 0.238. The van der Waals surface area contributed by atoms with E-state index < -0.39 is 11.7 Å². The summed E-state index contributed by atoms with van der Waals surface area (Å²) in [4.78, 5) is 16.8. The van der Waals surface area contributed by atoms with Gasteiger partial charge in [0, 0.05) is 24.5 Å². The lowest BCUT2D eigenvalue weighted by molar-refractivity contribution is -0.137. The second kappa shape index (κ2) is 8.08. The first-order valence-electron chi connectivity index (χ1n) is 9.32. The van der Waals surface area contributed by atoms with Crippen LogP contribution in [0.25, 0.3) is 10.4 Å². The van der Waals surface area contributed by atoms with Crippen molar-refractivity contribution < 1.29 is 18.0 Å². The third-order valence-corrected chi connectivity index (χ3v) is 5.79. The zero-order chi connectivity index (χ0) is 21.3. The van der Waals surface area contributed by atoms with Crippen molar-refractivity contribution in [2.24, 2.45) is 5.73 Å². The van der Waals surface area contributed by atoms with E-state index in [4.69, 9.17) is 5.73 Å². The molecule has 4 N–H and O–H groups in total. The zero-order valence-electron chi connectivity index (χ0n) is 15.8. The number of amides is 1. The monoisotopic (exact) mass is 432 g/mol. The van der Waals surface area contributed by atoms with E-state index in [0.29, 0.717) is 30.1 Å². The van der Waals surface area contributed by atoms with Crippen LogP contribution >= 0.6 is 11.3 Å². The second-order valence-corrected chi connectivity index (χ2v) is 8.20. The number of halogens is 3. The lowest BCUT2D eigenvalue weighted by atomic mass is 10.0. The van der Waals surface area contributed by atoms with Crippen molar-refractivity contribution in [2.45, 2.75) is 25.1 Å². The summed E-state index contributed by atoms with van der Waals surface area (Å²) in [5, 5.41) is 6.64. The third-order valence-electron chi connectivity index (χ3n) is 4.79. The number of thiazole rings is 1. The van der Waals surface area contributed by atoms with E-state index >= 15 is 0 Å². The number of nitrogens with zero attached hydrogens (tertiary/aromatic N) is 1. The summed E-state index contributed by atoms with van der Waals surface area (Å²) in [5.74, 6) is -0.0106. The van der Waals surface area contributed by atoms with Crippen LogP contribution in [-0.4, -0.2) is 23.5 Å². The molecule has 4 rings (SSSR count). The van der Waals surface area contributed by atoms with Crippen molar-refractivity contribution in [1.82, 2.24) is 4.98 Å². The molecule has 1 aromatic heterocycles. The van der Waals surface area contributed by atoms with Crippen LogP contribution in [0.4, 0.5) is 24.0 Å². The first kappa shape index (κ1) is 20.4. The first-order chi connectivity index (χ1) is 14.3. The molecule has 5 nitrogen and oxygen atoms in total. The predicted molar refractivity (Wildman–Crippen MR) is 111 cm³/mol. The Balaban J connectivity index is 1.36. The molecule has 0 saturated heterocycles. The van der Waals surface area contributed by atoms with Gasteiger partial charge in [0.25, 0.3) is 0 Å². The van der Waals surface area contributed by atoms with Crippen LogP contribution < -0.4 is 16.4 Å². The maximum atomic E-state index is 12.8. The molecule has 0 fully saturated rings. The van der Waals surface area contributed by atoms with E-state index in [1.807, 2.05) is 18.2 Å². The minimum atomic E-state index is -4.36. The smallest absolute Gasteiger partial charge is 0.360 e. The maximum Gasteiger partial charge on any atom is 0.416 e. The van der Waals surface area contributed by atoms with Gasteiger partial charge in [-0.3, -0.25) is 4.79 Å². The third kappa shape index (κ3) is 4.63. The van der Waals surface area contributed by atoms with Crippen LogP contribution in [0, 0.1) is 0 Å². The molecule has 156 valence electrons. The topological polar surface area (TPSA) is 80.0 Å². The van der Waals surface area contributed by atoms with Crippen molar-refractivity contribution in [2.75, 3.05) is 17.2 Å². The van der Waals surface area contributed by atoms with Gasteiger partial charge in [0.1, 0.15) is 0 Å². The molecule has 9 heteroatoms. The highest BCUT2D eigenvalue weighted by Gasteiger charge is 2.30. The number of alkyl halides is 3. The average molecular weight is 432 g/mol. The fourth-order valence-corrected chi connectivity index (χ4v) is 4.16. The van der Waals surface area contributed by atoms with Gasteiger partial charge >= 0.3 is 6.18 Å². The number of benzene rings is 2. The van der Waals surface area contributed by atoms with Crippen LogP contribution in [0.1, 0.15) is 16.7 Å². The molecule has 1 atom stereocenters. The Morgan fingerprint density at radius 1 is 1.23 bits per heavy atom. The van der Waals surface area contributed by atoms with Gasteiger partial charge < -0.3 is 16.4 Å². The van der Waals surface area contributed by atoms with Gasteiger partial charge in [-0.25, -0.2) is 4.98 Å². The minimum absolute atomic E-state index is 0.0106. The largest absolute Gasteiger partial charge is 0.416 e. The highest BCUT2D eigenvalue weighted by atomic mass is 32.1. The van der Waals surface area contributed by atoms with Gasteiger partial charge in [-0.15, -0.1) is 0 Å². The molecule has 2 aromatic carbocycles. The number of nitrogens with two attached hydrogens (primary N) is 1. The number of carbonyl (C=O) groups is 1.